The van der Waals surface area contributed by atoms with E-state index in [1.807, 2.05) is 78.9 Å². The summed E-state index contributed by atoms with van der Waals surface area (Å²) >= 11 is 0. The van der Waals surface area contributed by atoms with Crippen molar-refractivity contribution < 1.29 is 38.4 Å². The first-order valence-corrected chi connectivity index (χ1v) is 15.2. The fourth-order valence-electron chi connectivity index (χ4n) is 5.98. The van der Waals surface area contributed by atoms with Gasteiger partial charge < -0.3 is 28.8 Å². The number of aliphatic hydroxyl groups excluding tert-OH is 1. The highest BCUT2D eigenvalue weighted by Crippen LogP contribution is 2.42. The second-order valence-electron chi connectivity index (χ2n) is 10.8. The van der Waals surface area contributed by atoms with Gasteiger partial charge in [-0.05, 0) is 53.1 Å². The average Bonchev–Trinajstić information content (AvgIpc) is 3.13. The Morgan fingerprint density at radius 3 is 1.45 bits per heavy atom. The standard InChI is InChI=1S/C39H34O8/c1-43-29-16-12-27(13-17-29)39(26-8-4-3-5-9-26,28-14-18-30(44-2)19-15-28)47-25-24-46-34-21-20-33(45-23-22-40)35-36(34)38(42)32-11-7-6-10-31(32)37(35)41/h3-21,40H,22-25H2,1-2H3. The lowest BCUT2D eigenvalue weighted by Gasteiger charge is -2.36. The maximum atomic E-state index is 13.8. The van der Waals surface area contributed by atoms with Crippen LogP contribution in [0.4, 0.5) is 0 Å². The molecule has 6 rings (SSSR count). The maximum Gasteiger partial charge on any atom is 0.198 e. The Balaban J connectivity index is 1.35. The molecule has 0 fully saturated rings. The number of benzene rings is 5. The molecule has 0 saturated carbocycles. The van der Waals surface area contributed by atoms with Crippen LogP contribution >= 0.6 is 0 Å². The lowest BCUT2D eigenvalue weighted by Crippen LogP contribution is -2.34. The van der Waals surface area contributed by atoms with Crippen molar-refractivity contribution in [3.8, 4) is 23.0 Å². The Kier molecular flexibility index (Phi) is 9.33. The van der Waals surface area contributed by atoms with Gasteiger partial charge in [0.05, 0.1) is 38.6 Å². The molecule has 0 atom stereocenters. The summed E-state index contributed by atoms with van der Waals surface area (Å²) in [6.45, 7) is -0.0902. The number of hydrogen-bond acceptors (Lipinski definition) is 8. The first kappa shape index (κ1) is 31.5. The van der Waals surface area contributed by atoms with Gasteiger partial charge in [-0.15, -0.1) is 0 Å². The van der Waals surface area contributed by atoms with E-state index in [1.54, 1.807) is 50.6 Å². The number of hydrogen-bond donors (Lipinski definition) is 1. The van der Waals surface area contributed by atoms with Gasteiger partial charge in [-0.2, -0.15) is 0 Å². The molecule has 8 nitrogen and oxygen atoms in total. The second-order valence-corrected chi connectivity index (χ2v) is 10.8. The van der Waals surface area contributed by atoms with E-state index >= 15 is 0 Å². The lowest BCUT2D eigenvalue weighted by atomic mass is 9.80. The molecule has 47 heavy (non-hydrogen) atoms. The minimum Gasteiger partial charge on any atom is -0.497 e. The topological polar surface area (TPSA) is 101 Å². The SMILES string of the molecule is COc1ccc(C(OCCOc2ccc(OCCO)c3c2C(=O)c2ccccc2C3=O)(c2ccccc2)c2ccc(OC)cc2)cc1. The Bertz CT molecular complexity index is 1820. The van der Waals surface area contributed by atoms with Crippen molar-refractivity contribution in [2.75, 3.05) is 40.6 Å². The van der Waals surface area contributed by atoms with Crippen molar-refractivity contribution in [1.29, 1.82) is 0 Å². The number of ketones is 2. The van der Waals surface area contributed by atoms with Crippen molar-refractivity contribution in [3.63, 3.8) is 0 Å². The van der Waals surface area contributed by atoms with Crippen LogP contribution in [-0.4, -0.2) is 57.3 Å². The molecule has 5 aromatic rings. The highest BCUT2D eigenvalue weighted by molar-refractivity contribution is 6.30. The van der Waals surface area contributed by atoms with Crippen LogP contribution < -0.4 is 18.9 Å². The van der Waals surface area contributed by atoms with Crippen LogP contribution in [0.2, 0.25) is 0 Å². The largest absolute Gasteiger partial charge is 0.497 e. The minimum atomic E-state index is -1.05. The van der Waals surface area contributed by atoms with E-state index in [2.05, 4.69) is 0 Å². The van der Waals surface area contributed by atoms with Gasteiger partial charge in [-0.25, -0.2) is 0 Å². The maximum absolute atomic E-state index is 13.8. The smallest absolute Gasteiger partial charge is 0.198 e. The van der Waals surface area contributed by atoms with E-state index < -0.39 is 5.60 Å². The molecule has 8 heteroatoms. The fraction of sp³-hybridized carbons (Fsp3) is 0.179. The summed E-state index contributed by atoms with van der Waals surface area (Å²) in [6.07, 6.45) is 0. The molecule has 0 saturated heterocycles. The number of aliphatic hydroxyl groups is 1. The van der Waals surface area contributed by atoms with Gasteiger partial charge in [-0.1, -0.05) is 78.9 Å². The number of carbonyl (C=O) groups is 2. The Morgan fingerprint density at radius 2 is 0.979 bits per heavy atom. The van der Waals surface area contributed by atoms with Crippen molar-refractivity contribution in [1.82, 2.24) is 0 Å². The van der Waals surface area contributed by atoms with E-state index in [1.165, 1.54) is 0 Å². The summed E-state index contributed by atoms with van der Waals surface area (Å²) in [6, 6.07) is 35.2. The summed E-state index contributed by atoms with van der Waals surface area (Å²) in [5, 5.41) is 9.34. The lowest BCUT2D eigenvalue weighted by molar-refractivity contribution is -0.00255. The van der Waals surface area contributed by atoms with Crippen LogP contribution in [0.15, 0.2) is 115 Å². The predicted molar refractivity (Wildman–Crippen MR) is 176 cm³/mol. The number of carbonyl (C=O) groups excluding carboxylic acids is 2. The summed E-state index contributed by atoms with van der Waals surface area (Å²) in [5.74, 6) is 1.21. The van der Waals surface area contributed by atoms with E-state index in [4.69, 9.17) is 23.7 Å². The number of fused-ring (bicyclic) bond motifs is 2. The van der Waals surface area contributed by atoms with Gasteiger partial charge in [0.15, 0.2) is 11.6 Å². The summed E-state index contributed by atoms with van der Waals surface area (Å²) in [5.41, 5.74) is 2.44. The number of methoxy groups -OCH3 is 2. The summed E-state index contributed by atoms with van der Waals surface area (Å²) in [7, 11) is 3.25. The molecule has 1 N–H and O–H groups in total. The number of rotatable bonds is 13. The van der Waals surface area contributed by atoms with Crippen molar-refractivity contribution in [2.45, 2.75) is 5.60 Å². The monoisotopic (exact) mass is 630 g/mol. The molecule has 0 bridgehead atoms. The van der Waals surface area contributed by atoms with Gasteiger partial charge in [0.1, 0.15) is 41.8 Å². The minimum absolute atomic E-state index is 0.0259. The molecule has 5 aromatic carbocycles. The zero-order chi connectivity index (χ0) is 32.8. The Morgan fingerprint density at radius 1 is 0.532 bits per heavy atom. The van der Waals surface area contributed by atoms with Crippen molar-refractivity contribution in [3.05, 3.63) is 154 Å². The van der Waals surface area contributed by atoms with Gasteiger partial charge in [0.2, 0.25) is 0 Å². The third kappa shape index (κ3) is 5.96. The highest BCUT2D eigenvalue weighted by atomic mass is 16.5. The molecular formula is C39H34O8. The van der Waals surface area contributed by atoms with E-state index in [0.717, 1.165) is 16.7 Å². The number of ether oxygens (including phenoxy) is 5. The first-order chi connectivity index (χ1) is 23.0. The van der Waals surface area contributed by atoms with Gasteiger partial charge >= 0.3 is 0 Å². The molecule has 0 aromatic heterocycles. The van der Waals surface area contributed by atoms with E-state index in [-0.39, 0.29) is 60.6 Å². The molecule has 1 aliphatic rings. The normalized spacial score (nSPS) is 12.2. The van der Waals surface area contributed by atoms with Crippen molar-refractivity contribution >= 4 is 11.6 Å². The molecule has 0 amide bonds. The molecule has 0 heterocycles. The first-order valence-electron chi connectivity index (χ1n) is 15.2. The van der Waals surface area contributed by atoms with Crippen LogP contribution in [0.1, 0.15) is 48.5 Å². The van der Waals surface area contributed by atoms with Crippen LogP contribution in [0.3, 0.4) is 0 Å². The zero-order valence-electron chi connectivity index (χ0n) is 26.1. The molecule has 238 valence electrons. The molecular weight excluding hydrogens is 596 g/mol. The molecule has 0 aliphatic heterocycles. The quantitative estimate of drug-likeness (QED) is 0.118. The summed E-state index contributed by atoms with van der Waals surface area (Å²) in [4.78, 5) is 27.4. The summed E-state index contributed by atoms with van der Waals surface area (Å²) < 4.78 is 29.6. The van der Waals surface area contributed by atoms with Crippen LogP contribution in [0.25, 0.3) is 0 Å². The predicted octanol–water partition coefficient (Wildman–Crippen LogP) is 6.24. The third-order valence-electron chi connectivity index (χ3n) is 8.18. The third-order valence-corrected chi connectivity index (χ3v) is 8.18. The van der Waals surface area contributed by atoms with E-state index in [9.17, 15) is 14.7 Å². The van der Waals surface area contributed by atoms with Gasteiger partial charge in [0.25, 0.3) is 0 Å². The molecule has 1 aliphatic carbocycles. The Labute approximate surface area is 273 Å². The van der Waals surface area contributed by atoms with Crippen LogP contribution in [0.5, 0.6) is 23.0 Å². The molecule has 0 unspecified atom stereocenters. The highest BCUT2D eigenvalue weighted by Gasteiger charge is 2.38. The second kappa shape index (κ2) is 13.9. The van der Waals surface area contributed by atoms with Crippen molar-refractivity contribution in [2.24, 2.45) is 0 Å². The van der Waals surface area contributed by atoms with Gasteiger partial charge in [-0.3, -0.25) is 9.59 Å². The van der Waals surface area contributed by atoms with Crippen LogP contribution in [-0.2, 0) is 10.3 Å². The molecule has 0 radical (unpaired) electrons. The molecule has 0 spiro atoms. The zero-order valence-corrected chi connectivity index (χ0v) is 26.1. The van der Waals surface area contributed by atoms with Crippen LogP contribution in [0, 0.1) is 0 Å². The van der Waals surface area contributed by atoms with Gasteiger partial charge in [0, 0.05) is 11.1 Å². The fourth-order valence-corrected chi connectivity index (χ4v) is 5.98. The van der Waals surface area contributed by atoms with E-state index in [0.29, 0.717) is 22.6 Å². The average molecular weight is 631 g/mol. The Hall–Kier alpha value is -5.44.